The van der Waals surface area contributed by atoms with Gasteiger partial charge in [-0.2, -0.15) is 0 Å². The van der Waals surface area contributed by atoms with Crippen LogP contribution in [-0.4, -0.2) is 66.4 Å². The number of aliphatic hydroxyl groups is 2. The average molecular weight is 818 g/mol. The van der Waals surface area contributed by atoms with Gasteiger partial charge in [0.25, 0.3) is 0 Å². The van der Waals surface area contributed by atoms with E-state index in [0.29, 0.717) is 6.42 Å². The SMILES string of the molecule is CC(C)(O)CCC/C=C\CCCCCCC/C=C\CCCCOC1CCCCO1.COC(=O)CNC(=O)CCC/C=C\CCCCCCC/C=C\CCCC(C)(C)O. The molecule has 0 bridgehead atoms. The monoisotopic (exact) mass is 818 g/mol. The van der Waals surface area contributed by atoms with Gasteiger partial charge in [-0.15, -0.1) is 0 Å². The molecule has 1 atom stereocenters. The lowest BCUT2D eigenvalue weighted by Crippen LogP contribution is -2.29. The van der Waals surface area contributed by atoms with Gasteiger partial charge in [-0.1, -0.05) is 87.1 Å². The lowest BCUT2D eigenvalue weighted by atomic mass is 10.0. The number of methoxy groups -OCH3 is 1. The summed E-state index contributed by atoms with van der Waals surface area (Å²) in [6.07, 6.45) is 51.2. The molecule has 1 amide bonds. The molecule has 1 heterocycles. The van der Waals surface area contributed by atoms with Gasteiger partial charge in [0.2, 0.25) is 5.91 Å². The van der Waals surface area contributed by atoms with Crippen LogP contribution in [-0.2, 0) is 23.8 Å². The van der Waals surface area contributed by atoms with Gasteiger partial charge in [-0.3, -0.25) is 9.59 Å². The minimum absolute atomic E-state index is 0.0510. The van der Waals surface area contributed by atoms with Gasteiger partial charge in [-0.05, 0) is 169 Å². The lowest BCUT2D eigenvalue weighted by molar-refractivity contribution is -0.162. The minimum atomic E-state index is -0.535. The molecule has 338 valence electrons. The van der Waals surface area contributed by atoms with Crippen molar-refractivity contribution in [2.75, 3.05) is 26.9 Å². The molecule has 1 unspecified atom stereocenters. The van der Waals surface area contributed by atoms with Gasteiger partial charge in [0, 0.05) is 19.6 Å². The minimum Gasteiger partial charge on any atom is -0.468 e. The molecule has 0 aliphatic carbocycles. The van der Waals surface area contributed by atoms with Crippen LogP contribution in [0.2, 0.25) is 0 Å². The molecule has 1 aliphatic heterocycles. The molecule has 0 aromatic rings. The standard InChI is InChI=1S/C26H48O3.C24H43NO4/c1-26(2,27)22-18-15-13-11-9-7-5-3-4-6-8-10-12-14-16-19-23-28-25-21-17-20-24-29-25;1-24(2,28)20-18-16-14-12-10-8-6-4-5-7-9-11-13-15-17-19-22(26)25-21-23(27)29-3/h10-13,25,27H,3-9,14-24H2,1-2H3;11-14,28H,4-10,15-21H2,1-3H3,(H,25,26)/b12-10-,13-11-;13-11-,14-12-. The molecule has 8 nitrogen and oxygen atoms in total. The van der Waals surface area contributed by atoms with Crippen LogP contribution in [0.5, 0.6) is 0 Å². The largest absolute Gasteiger partial charge is 0.468 e. The number of unbranched alkanes of at least 4 members (excludes halogenated alkanes) is 17. The smallest absolute Gasteiger partial charge is 0.325 e. The summed E-state index contributed by atoms with van der Waals surface area (Å²) >= 11 is 0. The Morgan fingerprint density at radius 1 is 0.586 bits per heavy atom. The van der Waals surface area contributed by atoms with E-state index in [1.807, 2.05) is 27.7 Å². The summed E-state index contributed by atoms with van der Waals surface area (Å²) in [6.45, 7) is 9.16. The first-order valence-electron chi connectivity index (χ1n) is 23.5. The highest BCUT2D eigenvalue weighted by atomic mass is 16.7. The molecule has 58 heavy (non-hydrogen) atoms. The molecule has 0 saturated carbocycles. The predicted octanol–water partition coefficient (Wildman–Crippen LogP) is 12.7. The highest BCUT2D eigenvalue weighted by Gasteiger charge is 2.13. The fourth-order valence-corrected chi connectivity index (χ4v) is 6.49. The number of hydrogen-bond acceptors (Lipinski definition) is 7. The number of hydrogen-bond donors (Lipinski definition) is 3. The average Bonchev–Trinajstić information content (AvgIpc) is 3.18. The molecule has 3 N–H and O–H groups in total. The molecule has 0 aromatic carbocycles. The molecular formula is C50H91NO7. The maximum absolute atomic E-state index is 11.5. The molecule has 0 radical (unpaired) electrons. The summed E-state index contributed by atoms with van der Waals surface area (Å²) in [4.78, 5) is 22.4. The fourth-order valence-electron chi connectivity index (χ4n) is 6.49. The van der Waals surface area contributed by atoms with Crippen LogP contribution in [0.1, 0.15) is 214 Å². The van der Waals surface area contributed by atoms with E-state index in [1.165, 1.54) is 110 Å². The van der Waals surface area contributed by atoms with Gasteiger partial charge >= 0.3 is 5.97 Å². The third-order valence-corrected chi connectivity index (χ3v) is 10.1. The van der Waals surface area contributed by atoms with E-state index in [2.05, 4.69) is 58.7 Å². The summed E-state index contributed by atoms with van der Waals surface area (Å²) < 4.78 is 15.8. The number of carbonyl (C=O) groups excluding carboxylic acids is 2. The van der Waals surface area contributed by atoms with Crippen LogP contribution in [0, 0.1) is 0 Å². The van der Waals surface area contributed by atoms with E-state index in [0.717, 1.165) is 90.3 Å². The molecule has 0 spiro atoms. The summed E-state index contributed by atoms with van der Waals surface area (Å²) in [7, 11) is 1.31. The van der Waals surface area contributed by atoms with Gasteiger partial charge in [0.1, 0.15) is 6.54 Å². The Morgan fingerprint density at radius 2 is 0.983 bits per heavy atom. The van der Waals surface area contributed by atoms with E-state index in [4.69, 9.17) is 9.47 Å². The Bertz CT molecular complexity index is 1050. The number of esters is 1. The lowest BCUT2D eigenvalue weighted by Gasteiger charge is -2.22. The zero-order valence-corrected chi connectivity index (χ0v) is 38.3. The Morgan fingerprint density at radius 3 is 1.38 bits per heavy atom. The number of carbonyl (C=O) groups is 2. The van der Waals surface area contributed by atoms with Gasteiger partial charge in [-0.25, -0.2) is 0 Å². The third-order valence-electron chi connectivity index (χ3n) is 10.1. The summed E-state index contributed by atoms with van der Waals surface area (Å²) in [5.41, 5.74) is -1.05. The second-order valence-electron chi connectivity index (χ2n) is 17.4. The van der Waals surface area contributed by atoms with Gasteiger partial charge in [0.15, 0.2) is 6.29 Å². The van der Waals surface area contributed by atoms with E-state index < -0.39 is 17.2 Å². The quantitative estimate of drug-likeness (QED) is 0.0328. The molecule has 8 heteroatoms. The van der Waals surface area contributed by atoms with Crippen molar-refractivity contribution in [3.63, 3.8) is 0 Å². The van der Waals surface area contributed by atoms with Crippen molar-refractivity contribution >= 4 is 11.9 Å². The molecule has 1 fully saturated rings. The highest BCUT2D eigenvalue weighted by Crippen LogP contribution is 2.16. The first-order chi connectivity index (χ1) is 27.9. The van der Waals surface area contributed by atoms with Crippen molar-refractivity contribution in [2.24, 2.45) is 0 Å². The van der Waals surface area contributed by atoms with Crippen molar-refractivity contribution in [3.8, 4) is 0 Å². The fraction of sp³-hybridized carbons (Fsp3) is 0.800. The number of nitrogens with one attached hydrogen (secondary N) is 1. The highest BCUT2D eigenvalue weighted by molar-refractivity contribution is 5.81. The second-order valence-corrected chi connectivity index (χ2v) is 17.4. The Balaban J connectivity index is 0.00000112. The Kier molecular flexibility index (Phi) is 38.6. The summed E-state index contributed by atoms with van der Waals surface area (Å²) in [5.74, 6) is -0.527. The van der Waals surface area contributed by atoms with Crippen LogP contribution in [0.4, 0.5) is 0 Å². The molecular weight excluding hydrogens is 727 g/mol. The van der Waals surface area contributed by atoms with E-state index in [1.54, 1.807) is 0 Å². The van der Waals surface area contributed by atoms with Crippen molar-refractivity contribution < 1.29 is 34.0 Å². The van der Waals surface area contributed by atoms with E-state index in [9.17, 15) is 19.8 Å². The topological polar surface area (TPSA) is 114 Å². The van der Waals surface area contributed by atoms with Crippen molar-refractivity contribution in [2.45, 2.75) is 231 Å². The first-order valence-corrected chi connectivity index (χ1v) is 23.5. The number of allylic oxidation sites excluding steroid dienone is 8. The number of ether oxygens (including phenoxy) is 3. The Labute approximate surface area is 357 Å². The molecule has 0 aromatic heterocycles. The Hall–Kier alpha value is -2.26. The zero-order valence-electron chi connectivity index (χ0n) is 38.3. The van der Waals surface area contributed by atoms with Crippen LogP contribution >= 0.6 is 0 Å². The normalized spacial score (nSPS) is 15.1. The van der Waals surface area contributed by atoms with Crippen molar-refractivity contribution in [1.82, 2.24) is 5.32 Å². The third kappa shape index (κ3) is 46.4. The number of rotatable bonds is 36. The predicted molar refractivity (Wildman–Crippen MR) is 244 cm³/mol. The summed E-state index contributed by atoms with van der Waals surface area (Å²) in [6, 6.07) is 0. The van der Waals surface area contributed by atoms with E-state index in [-0.39, 0.29) is 18.7 Å². The number of amides is 1. The van der Waals surface area contributed by atoms with Crippen LogP contribution < -0.4 is 5.32 Å². The van der Waals surface area contributed by atoms with Gasteiger partial charge in [0.05, 0.1) is 18.3 Å². The van der Waals surface area contributed by atoms with Crippen molar-refractivity contribution in [3.05, 3.63) is 48.6 Å². The van der Waals surface area contributed by atoms with Crippen LogP contribution in [0.15, 0.2) is 48.6 Å². The van der Waals surface area contributed by atoms with Crippen LogP contribution in [0.25, 0.3) is 0 Å². The molecule has 1 saturated heterocycles. The first kappa shape index (κ1) is 55.7. The maximum Gasteiger partial charge on any atom is 0.325 e. The van der Waals surface area contributed by atoms with Crippen molar-refractivity contribution in [1.29, 1.82) is 0 Å². The molecule has 1 rings (SSSR count). The van der Waals surface area contributed by atoms with E-state index >= 15 is 0 Å². The van der Waals surface area contributed by atoms with Crippen LogP contribution in [0.3, 0.4) is 0 Å². The van der Waals surface area contributed by atoms with Gasteiger partial charge < -0.3 is 29.7 Å². The zero-order chi connectivity index (χ0) is 42.8. The summed E-state index contributed by atoms with van der Waals surface area (Å²) in [5, 5.41) is 21.8. The molecule has 1 aliphatic rings. The maximum atomic E-state index is 11.5. The second kappa shape index (κ2) is 40.2.